The molecule has 0 unspecified atom stereocenters. The van der Waals surface area contributed by atoms with Crippen LogP contribution in [0.15, 0.2) is 41.2 Å². The van der Waals surface area contributed by atoms with Crippen LogP contribution in [0.2, 0.25) is 0 Å². The first-order valence-corrected chi connectivity index (χ1v) is 5.74. The molecule has 0 spiro atoms. The number of nitrogens with zero attached hydrogens (tertiary/aromatic N) is 1. The number of likely N-dealkylation sites (N-methyl/N-ethyl adjacent to an activating group) is 1. The maximum absolute atomic E-state index is 13.4. The van der Waals surface area contributed by atoms with Crippen LogP contribution >= 0.6 is 0 Å². The van der Waals surface area contributed by atoms with E-state index in [2.05, 4.69) is 0 Å². The lowest BCUT2D eigenvalue weighted by Gasteiger charge is -2.14. The number of ketones is 1. The number of carbonyl (C=O) groups excluding carboxylic acids is 1. The van der Waals surface area contributed by atoms with E-state index in [0.717, 1.165) is 23.8 Å². The van der Waals surface area contributed by atoms with Crippen LogP contribution in [0.4, 0.5) is 8.78 Å². The van der Waals surface area contributed by atoms with Crippen molar-refractivity contribution in [2.75, 3.05) is 13.6 Å². The summed E-state index contributed by atoms with van der Waals surface area (Å²) in [5, 5.41) is 0. The predicted molar refractivity (Wildman–Crippen MR) is 65.7 cm³/mol. The molecule has 100 valence electrons. The highest BCUT2D eigenvalue weighted by Crippen LogP contribution is 2.12. The van der Waals surface area contributed by atoms with Crippen LogP contribution in [0.25, 0.3) is 0 Å². The second-order valence-electron chi connectivity index (χ2n) is 4.35. The molecule has 3 nitrogen and oxygen atoms in total. The van der Waals surface area contributed by atoms with Crippen molar-refractivity contribution < 1.29 is 18.0 Å². The summed E-state index contributed by atoms with van der Waals surface area (Å²) in [4.78, 5) is 13.6. The molecule has 1 aromatic carbocycles. The van der Waals surface area contributed by atoms with E-state index in [0.29, 0.717) is 6.54 Å². The number of hydrogen-bond donors (Lipinski definition) is 0. The van der Waals surface area contributed by atoms with Crippen LogP contribution in [0.1, 0.15) is 15.9 Å². The molecule has 0 saturated heterocycles. The fourth-order valence-electron chi connectivity index (χ4n) is 1.79. The normalized spacial score (nSPS) is 10.9. The summed E-state index contributed by atoms with van der Waals surface area (Å²) >= 11 is 0. The first-order chi connectivity index (χ1) is 9.06. The molecular formula is C14H13F2NO2. The molecule has 0 saturated carbocycles. The molecular weight excluding hydrogens is 252 g/mol. The molecule has 2 aromatic rings. The zero-order chi connectivity index (χ0) is 13.8. The van der Waals surface area contributed by atoms with Gasteiger partial charge < -0.3 is 4.42 Å². The van der Waals surface area contributed by atoms with Gasteiger partial charge in [0.15, 0.2) is 5.78 Å². The van der Waals surface area contributed by atoms with Crippen LogP contribution in [-0.4, -0.2) is 24.3 Å². The minimum absolute atomic E-state index is 0.00551. The fraction of sp³-hybridized carbons (Fsp3) is 0.214. The Kier molecular flexibility index (Phi) is 4.06. The highest BCUT2D eigenvalue weighted by Gasteiger charge is 2.15. The lowest BCUT2D eigenvalue weighted by Crippen LogP contribution is -2.26. The maximum Gasteiger partial charge on any atom is 0.179 e. The molecule has 0 bridgehead atoms. The second kappa shape index (κ2) is 5.75. The van der Waals surface area contributed by atoms with E-state index in [1.807, 2.05) is 0 Å². The summed E-state index contributed by atoms with van der Waals surface area (Å²) in [6.07, 6.45) is 3.11. The Hall–Kier alpha value is -2.01. The minimum atomic E-state index is -0.705. The molecule has 1 heterocycles. The van der Waals surface area contributed by atoms with Crippen LogP contribution in [-0.2, 0) is 6.54 Å². The monoisotopic (exact) mass is 265 g/mol. The summed E-state index contributed by atoms with van der Waals surface area (Å²) in [7, 11) is 1.72. The van der Waals surface area contributed by atoms with E-state index in [9.17, 15) is 13.6 Å². The summed E-state index contributed by atoms with van der Waals surface area (Å²) < 4.78 is 31.4. The minimum Gasteiger partial charge on any atom is -0.472 e. The highest BCUT2D eigenvalue weighted by molar-refractivity contribution is 5.97. The van der Waals surface area contributed by atoms with Crippen molar-refractivity contribution in [1.82, 2.24) is 4.90 Å². The molecule has 1 aromatic heterocycles. The standard InChI is InChI=1S/C14H13F2NO2/c1-17(7-10-4-5-19-9-10)8-14(18)12-6-11(15)2-3-13(12)16/h2-6,9H,7-8H2,1H3. The van der Waals surface area contributed by atoms with Gasteiger partial charge in [-0.15, -0.1) is 0 Å². The number of benzene rings is 1. The smallest absolute Gasteiger partial charge is 0.179 e. The number of hydrogen-bond acceptors (Lipinski definition) is 3. The molecule has 0 amide bonds. The Labute approximate surface area is 109 Å². The Morgan fingerprint density at radius 2 is 2.11 bits per heavy atom. The van der Waals surface area contributed by atoms with E-state index in [1.54, 1.807) is 24.3 Å². The highest BCUT2D eigenvalue weighted by atomic mass is 19.1. The molecule has 0 aliphatic heterocycles. The van der Waals surface area contributed by atoms with Gasteiger partial charge in [0, 0.05) is 12.1 Å². The van der Waals surface area contributed by atoms with E-state index in [-0.39, 0.29) is 12.1 Å². The summed E-state index contributed by atoms with van der Waals surface area (Å²) in [6, 6.07) is 4.65. The molecule has 0 aliphatic carbocycles. The van der Waals surface area contributed by atoms with Gasteiger partial charge in [0.2, 0.25) is 0 Å². The number of furan rings is 1. The third-order valence-corrected chi connectivity index (χ3v) is 2.67. The molecule has 0 atom stereocenters. The molecule has 0 fully saturated rings. The largest absolute Gasteiger partial charge is 0.472 e. The van der Waals surface area contributed by atoms with E-state index in [1.165, 1.54) is 6.26 Å². The van der Waals surface area contributed by atoms with Gasteiger partial charge in [0.1, 0.15) is 11.6 Å². The third-order valence-electron chi connectivity index (χ3n) is 2.67. The van der Waals surface area contributed by atoms with Crippen LogP contribution in [0.3, 0.4) is 0 Å². The van der Waals surface area contributed by atoms with Gasteiger partial charge in [-0.3, -0.25) is 9.69 Å². The lowest BCUT2D eigenvalue weighted by molar-refractivity contribution is 0.0938. The Morgan fingerprint density at radius 1 is 1.32 bits per heavy atom. The predicted octanol–water partition coefficient (Wildman–Crippen LogP) is 2.87. The SMILES string of the molecule is CN(CC(=O)c1cc(F)ccc1F)Cc1ccoc1. The number of halogens is 2. The summed E-state index contributed by atoms with van der Waals surface area (Å²) in [5.41, 5.74) is 0.689. The van der Waals surface area contributed by atoms with Crippen LogP contribution < -0.4 is 0 Å². The van der Waals surface area contributed by atoms with Gasteiger partial charge in [-0.1, -0.05) is 0 Å². The average Bonchev–Trinajstić information content (AvgIpc) is 2.84. The molecule has 2 rings (SSSR count). The number of carbonyl (C=O) groups is 1. The van der Waals surface area contributed by atoms with Crippen molar-refractivity contribution in [2.45, 2.75) is 6.54 Å². The second-order valence-corrected chi connectivity index (χ2v) is 4.35. The quantitative estimate of drug-likeness (QED) is 0.779. The van der Waals surface area contributed by atoms with Crippen molar-refractivity contribution in [3.8, 4) is 0 Å². The first kappa shape index (κ1) is 13.4. The molecule has 19 heavy (non-hydrogen) atoms. The van der Waals surface area contributed by atoms with Gasteiger partial charge >= 0.3 is 0 Å². The zero-order valence-corrected chi connectivity index (χ0v) is 10.4. The van der Waals surface area contributed by atoms with Crippen molar-refractivity contribution in [2.24, 2.45) is 0 Å². The Balaban J connectivity index is 2.02. The van der Waals surface area contributed by atoms with Gasteiger partial charge in [-0.05, 0) is 31.3 Å². The van der Waals surface area contributed by atoms with Crippen LogP contribution in [0.5, 0.6) is 0 Å². The average molecular weight is 265 g/mol. The van der Waals surface area contributed by atoms with Crippen molar-refractivity contribution in [3.05, 3.63) is 59.6 Å². The van der Waals surface area contributed by atoms with E-state index < -0.39 is 17.4 Å². The topological polar surface area (TPSA) is 33.5 Å². The molecule has 0 aliphatic rings. The lowest BCUT2D eigenvalue weighted by atomic mass is 10.1. The number of rotatable bonds is 5. The summed E-state index contributed by atoms with van der Waals surface area (Å²) in [5.74, 6) is -1.78. The van der Waals surface area contributed by atoms with Crippen molar-refractivity contribution in [3.63, 3.8) is 0 Å². The molecule has 0 radical (unpaired) electrons. The maximum atomic E-state index is 13.4. The van der Waals surface area contributed by atoms with Crippen molar-refractivity contribution in [1.29, 1.82) is 0 Å². The third kappa shape index (κ3) is 3.48. The fourth-order valence-corrected chi connectivity index (χ4v) is 1.79. The molecule has 0 N–H and O–H groups in total. The molecule has 5 heteroatoms. The number of Topliss-reactive ketones (excluding diaryl/α,β-unsaturated/α-hetero) is 1. The zero-order valence-electron chi connectivity index (χ0n) is 10.4. The summed E-state index contributed by atoms with van der Waals surface area (Å²) in [6.45, 7) is 0.505. The van der Waals surface area contributed by atoms with Gasteiger partial charge in [0.25, 0.3) is 0 Å². The Morgan fingerprint density at radius 3 is 2.79 bits per heavy atom. The van der Waals surface area contributed by atoms with Gasteiger partial charge in [0.05, 0.1) is 24.6 Å². The van der Waals surface area contributed by atoms with Crippen molar-refractivity contribution >= 4 is 5.78 Å². The first-order valence-electron chi connectivity index (χ1n) is 5.74. The van der Waals surface area contributed by atoms with Gasteiger partial charge in [-0.2, -0.15) is 0 Å². The Bertz CT molecular complexity index is 567. The van der Waals surface area contributed by atoms with Gasteiger partial charge in [-0.25, -0.2) is 8.78 Å². The van der Waals surface area contributed by atoms with E-state index in [4.69, 9.17) is 4.42 Å². The van der Waals surface area contributed by atoms with E-state index >= 15 is 0 Å². The van der Waals surface area contributed by atoms with Crippen LogP contribution in [0, 0.1) is 11.6 Å².